The van der Waals surface area contributed by atoms with Gasteiger partial charge in [-0.25, -0.2) is 4.68 Å². The van der Waals surface area contributed by atoms with Crippen LogP contribution in [0.4, 0.5) is 11.4 Å². The summed E-state index contributed by atoms with van der Waals surface area (Å²) in [6.45, 7) is 2.21. The van der Waals surface area contributed by atoms with Crippen LogP contribution in [0.1, 0.15) is 29.6 Å². The lowest BCUT2D eigenvalue weighted by Crippen LogP contribution is -2.29. The summed E-state index contributed by atoms with van der Waals surface area (Å²) in [6.07, 6.45) is 3.81. The number of hydrogen-bond acceptors (Lipinski definition) is 5. The first-order chi connectivity index (χ1) is 13.2. The van der Waals surface area contributed by atoms with E-state index in [9.17, 15) is 4.79 Å². The summed E-state index contributed by atoms with van der Waals surface area (Å²) in [7, 11) is 1.77. The summed E-state index contributed by atoms with van der Waals surface area (Å²) in [6, 6.07) is 15.4. The Morgan fingerprint density at radius 1 is 1.04 bits per heavy atom. The molecule has 7 nitrogen and oxygen atoms in total. The Morgan fingerprint density at radius 3 is 2.52 bits per heavy atom. The maximum Gasteiger partial charge on any atom is 0.255 e. The van der Waals surface area contributed by atoms with E-state index in [2.05, 4.69) is 37.9 Å². The molecule has 1 amide bonds. The van der Waals surface area contributed by atoms with E-state index in [1.807, 2.05) is 24.3 Å². The van der Waals surface area contributed by atoms with Crippen LogP contribution in [0, 0.1) is 0 Å². The van der Waals surface area contributed by atoms with Gasteiger partial charge in [0.05, 0.1) is 0 Å². The van der Waals surface area contributed by atoms with Crippen molar-refractivity contribution in [1.82, 2.24) is 20.2 Å². The zero-order valence-electron chi connectivity index (χ0n) is 15.3. The molecule has 1 aliphatic heterocycles. The molecule has 1 aliphatic rings. The van der Waals surface area contributed by atoms with Crippen LogP contribution in [0.25, 0.3) is 11.4 Å². The van der Waals surface area contributed by atoms with Gasteiger partial charge in [-0.1, -0.05) is 12.1 Å². The zero-order chi connectivity index (χ0) is 18.6. The molecule has 1 N–H and O–H groups in total. The minimum Gasteiger partial charge on any atom is -0.372 e. The summed E-state index contributed by atoms with van der Waals surface area (Å²) < 4.78 is 1.58. The maximum absolute atomic E-state index is 12.6. The van der Waals surface area contributed by atoms with Crippen LogP contribution in [-0.2, 0) is 7.05 Å². The molecule has 0 saturated carbocycles. The van der Waals surface area contributed by atoms with Crippen molar-refractivity contribution in [2.75, 3.05) is 23.3 Å². The second-order valence-electron chi connectivity index (χ2n) is 6.76. The number of aromatic nitrogens is 4. The summed E-state index contributed by atoms with van der Waals surface area (Å²) in [4.78, 5) is 15.0. The van der Waals surface area contributed by atoms with Gasteiger partial charge in [-0.15, -0.1) is 5.10 Å². The fourth-order valence-electron chi connectivity index (χ4n) is 3.38. The highest BCUT2D eigenvalue weighted by atomic mass is 16.1. The van der Waals surface area contributed by atoms with Gasteiger partial charge in [0, 0.05) is 42.6 Å². The average molecular weight is 362 g/mol. The van der Waals surface area contributed by atoms with E-state index in [4.69, 9.17) is 0 Å². The molecule has 4 rings (SSSR count). The van der Waals surface area contributed by atoms with Gasteiger partial charge in [-0.05, 0) is 66.1 Å². The van der Waals surface area contributed by atoms with Crippen LogP contribution in [0.5, 0.6) is 0 Å². The van der Waals surface area contributed by atoms with E-state index in [1.54, 1.807) is 23.9 Å². The van der Waals surface area contributed by atoms with Crippen LogP contribution in [0.2, 0.25) is 0 Å². The van der Waals surface area contributed by atoms with Gasteiger partial charge in [0.15, 0.2) is 5.82 Å². The van der Waals surface area contributed by atoms with Crippen molar-refractivity contribution in [3.05, 3.63) is 54.1 Å². The molecule has 0 aliphatic carbocycles. The lowest BCUT2D eigenvalue weighted by atomic mass is 10.1. The molecule has 0 bridgehead atoms. The van der Waals surface area contributed by atoms with Crippen molar-refractivity contribution in [2.24, 2.45) is 7.05 Å². The fourth-order valence-corrected chi connectivity index (χ4v) is 3.38. The van der Waals surface area contributed by atoms with Gasteiger partial charge in [0.2, 0.25) is 0 Å². The van der Waals surface area contributed by atoms with Crippen LogP contribution >= 0.6 is 0 Å². The van der Waals surface area contributed by atoms with Gasteiger partial charge >= 0.3 is 0 Å². The molecule has 3 aromatic rings. The molecule has 0 atom stereocenters. The van der Waals surface area contributed by atoms with Gasteiger partial charge in [0.25, 0.3) is 5.91 Å². The van der Waals surface area contributed by atoms with Gasteiger partial charge in [0.1, 0.15) is 0 Å². The zero-order valence-corrected chi connectivity index (χ0v) is 15.3. The normalized spacial score (nSPS) is 14.2. The predicted octanol–water partition coefficient (Wildman–Crippen LogP) is 3.12. The number of hydrogen-bond donors (Lipinski definition) is 1. The van der Waals surface area contributed by atoms with Crippen LogP contribution in [0.3, 0.4) is 0 Å². The molecule has 1 saturated heterocycles. The number of benzene rings is 2. The Hall–Kier alpha value is -3.22. The summed E-state index contributed by atoms with van der Waals surface area (Å²) in [5.74, 6) is 0.466. The average Bonchev–Trinajstić information content (AvgIpc) is 3.15. The van der Waals surface area contributed by atoms with Gasteiger partial charge in [-0.3, -0.25) is 4.79 Å². The van der Waals surface area contributed by atoms with E-state index in [1.165, 1.54) is 24.9 Å². The molecule has 138 valence electrons. The molecular weight excluding hydrogens is 340 g/mol. The molecule has 7 heteroatoms. The Bertz CT molecular complexity index is 928. The second-order valence-corrected chi connectivity index (χ2v) is 6.76. The van der Waals surface area contributed by atoms with Crippen LogP contribution < -0.4 is 10.2 Å². The maximum atomic E-state index is 12.6. The SMILES string of the molecule is Cn1nnnc1-c1cccc(C(=O)Nc2ccc(N3CCCCC3)cc2)c1. The van der Waals surface area contributed by atoms with Crippen LogP contribution in [-0.4, -0.2) is 39.2 Å². The third-order valence-electron chi connectivity index (χ3n) is 4.85. The molecule has 27 heavy (non-hydrogen) atoms. The monoisotopic (exact) mass is 362 g/mol. The minimum atomic E-state index is -0.155. The van der Waals surface area contributed by atoms with E-state index < -0.39 is 0 Å². The van der Waals surface area contributed by atoms with Gasteiger partial charge < -0.3 is 10.2 Å². The number of nitrogens with one attached hydrogen (secondary N) is 1. The molecule has 0 radical (unpaired) electrons. The van der Waals surface area contributed by atoms with Crippen molar-refractivity contribution in [2.45, 2.75) is 19.3 Å². The first kappa shape index (κ1) is 17.2. The quantitative estimate of drug-likeness (QED) is 0.772. The summed E-state index contributed by atoms with van der Waals surface area (Å²) in [5, 5.41) is 14.4. The molecular formula is C20H22N6O. The number of carbonyl (C=O) groups is 1. The standard InChI is InChI=1S/C20H22N6O/c1-25-19(22-23-24-25)15-6-5-7-16(14-15)20(27)21-17-8-10-18(11-9-17)26-12-3-2-4-13-26/h5-11,14H,2-4,12-13H2,1H3,(H,21,27). The number of rotatable bonds is 4. The summed E-state index contributed by atoms with van der Waals surface area (Å²) >= 11 is 0. The number of piperidine rings is 1. The Morgan fingerprint density at radius 2 is 1.81 bits per heavy atom. The van der Waals surface area contributed by atoms with Crippen LogP contribution in [0.15, 0.2) is 48.5 Å². The lowest BCUT2D eigenvalue weighted by Gasteiger charge is -2.28. The third-order valence-corrected chi connectivity index (χ3v) is 4.85. The molecule has 2 heterocycles. The lowest BCUT2D eigenvalue weighted by molar-refractivity contribution is 0.102. The number of amides is 1. The summed E-state index contributed by atoms with van der Waals surface area (Å²) in [5.41, 5.74) is 3.36. The van der Waals surface area contributed by atoms with Crippen molar-refractivity contribution >= 4 is 17.3 Å². The van der Waals surface area contributed by atoms with Crippen molar-refractivity contribution in [3.63, 3.8) is 0 Å². The number of nitrogens with zero attached hydrogens (tertiary/aromatic N) is 5. The third kappa shape index (κ3) is 3.81. The molecule has 1 aromatic heterocycles. The fraction of sp³-hybridized carbons (Fsp3) is 0.300. The van der Waals surface area contributed by atoms with Crippen molar-refractivity contribution in [1.29, 1.82) is 0 Å². The van der Waals surface area contributed by atoms with Gasteiger partial charge in [-0.2, -0.15) is 0 Å². The molecule has 0 spiro atoms. The molecule has 2 aromatic carbocycles. The minimum absolute atomic E-state index is 0.155. The van der Waals surface area contributed by atoms with E-state index in [0.717, 1.165) is 24.3 Å². The number of aryl methyl sites for hydroxylation is 1. The molecule has 0 unspecified atom stereocenters. The second kappa shape index (κ2) is 7.57. The Kier molecular flexibility index (Phi) is 4.82. The van der Waals surface area contributed by atoms with Crippen molar-refractivity contribution in [3.8, 4) is 11.4 Å². The Balaban J connectivity index is 1.47. The van der Waals surface area contributed by atoms with E-state index >= 15 is 0 Å². The highest BCUT2D eigenvalue weighted by Gasteiger charge is 2.13. The highest BCUT2D eigenvalue weighted by molar-refractivity contribution is 6.04. The van der Waals surface area contributed by atoms with E-state index in [-0.39, 0.29) is 5.91 Å². The van der Waals surface area contributed by atoms with Crippen molar-refractivity contribution < 1.29 is 4.79 Å². The molecule has 1 fully saturated rings. The largest absolute Gasteiger partial charge is 0.372 e. The topological polar surface area (TPSA) is 75.9 Å². The predicted molar refractivity (Wildman–Crippen MR) is 105 cm³/mol. The van der Waals surface area contributed by atoms with E-state index in [0.29, 0.717) is 11.4 Å². The highest BCUT2D eigenvalue weighted by Crippen LogP contribution is 2.22. The number of carbonyl (C=O) groups excluding carboxylic acids is 1. The first-order valence-electron chi connectivity index (χ1n) is 9.20. The Labute approximate surface area is 158 Å². The number of anilines is 2. The first-order valence-corrected chi connectivity index (χ1v) is 9.20. The number of tetrazole rings is 1. The smallest absolute Gasteiger partial charge is 0.255 e.